The molecule has 7 nitrogen and oxygen atoms in total. The highest BCUT2D eigenvalue weighted by atomic mass is 28.4. The van der Waals surface area contributed by atoms with E-state index < -0.39 is 14.4 Å². The fourth-order valence-electron chi connectivity index (χ4n) is 3.83. The third-order valence-corrected chi connectivity index (χ3v) is 11.3. The molecule has 3 rings (SSSR count). The number of hydrogen-bond donors (Lipinski definition) is 1. The standard InChI is InChI=1S/C26H38O7Si/c1-16(14-27)23(33-34(8,9)26(2,3)4)18-13-21(28-5)24(29-6)25(30-7)22(18)17-10-11-19-20(12-17)32-15-31-19/h10-13,16,23,27H,14-15H2,1-9H3/t16-,23+/m1/s1. The molecule has 0 bridgehead atoms. The highest BCUT2D eigenvalue weighted by Crippen LogP contribution is 2.52. The van der Waals surface area contributed by atoms with Crippen molar-refractivity contribution in [3.05, 3.63) is 29.8 Å². The molecule has 1 aliphatic heterocycles. The quantitative estimate of drug-likeness (QED) is 0.445. The van der Waals surface area contributed by atoms with Crippen LogP contribution in [0.4, 0.5) is 0 Å². The molecule has 0 radical (unpaired) electrons. The van der Waals surface area contributed by atoms with Crippen LogP contribution >= 0.6 is 0 Å². The van der Waals surface area contributed by atoms with Gasteiger partial charge in [-0.2, -0.15) is 0 Å². The normalized spacial score (nSPS) is 15.1. The molecular weight excluding hydrogens is 452 g/mol. The molecule has 34 heavy (non-hydrogen) atoms. The van der Waals surface area contributed by atoms with Crippen molar-refractivity contribution in [1.29, 1.82) is 0 Å². The van der Waals surface area contributed by atoms with Gasteiger partial charge < -0.3 is 33.2 Å². The maximum absolute atomic E-state index is 10.2. The van der Waals surface area contributed by atoms with Gasteiger partial charge in [-0.25, -0.2) is 0 Å². The van der Waals surface area contributed by atoms with E-state index in [2.05, 4.69) is 33.9 Å². The van der Waals surface area contributed by atoms with Crippen LogP contribution in [0.15, 0.2) is 24.3 Å². The van der Waals surface area contributed by atoms with Crippen LogP contribution in [0.25, 0.3) is 11.1 Å². The Hall–Kier alpha value is -2.42. The van der Waals surface area contributed by atoms with Gasteiger partial charge >= 0.3 is 0 Å². The van der Waals surface area contributed by atoms with Gasteiger partial charge in [0.05, 0.1) is 27.4 Å². The van der Waals surface area contributed by atoms with Crippen molar-refractivity contribution in [1.82, 2.24) is 0 Å². The molecule has 0 amide bonds. The molecule has 0 aromatic heterocycles. The highest BCUT2D eigenvalue weighted by Gasteiger charge is 2.42. The second-order valence-corrected chi connectivity index (χ2v) is 14.9. The number of aliphatic hydroxyl groups is 1. The lowest BCUT2D eigenvalue weighted by Crippen LogP contribution is -2.43. The first kappa shape index (κ1) is 26.2. The maximum Gasteiger partial charge on any atom is 0.231 e. The lowest BCUT2D eigenvalue weighted by Gasteiger charge is -2.41. The van der Waals surface area contributed by atoms with Gasteiger partial charge in [-0.1, -0.05) is 33.8 Å². The van der Waals surface area contributed by atoms with Crippen molar-refractivity contribution in [3.63, 3.8) is 0 Å². The van der Waals surface area contributed by atoms with Gasteiger partial charge in [0.1, 0.15) is 0 Å². The SMILES string of the molecule is COc1cc([C@@H](O[Si](C)(C)C(C)(C)C)[C@H](C)CO)c(-c2ccc3c(c2)OCO3)c(OC)c1OC. The highest BCUT2D eigenvalue weighted by molar-refractivity contribution is 6.74. The summed E-state index contributed by atoms with van der Waals surface area (Å²) in [5.41, 5.74) is 2.54. The lowest BCUT2D eigenvalue weighted by molar-refractivity contribution is 0.0849. The molecule has 0 aliphatic carbocycles. The minimum Gasteiger partial charge on any atom is -0.493 e. The van der Waals surface area contributed by atoms with Gasteiger partial charge in [-0.3, -0.25) is 0 Å². The summed E-state index contributed by atoms with van der Waals surface area (Å²) >= 11 is 0. The Morgan fingerprint density at radius 1 is 0.971 bits per heavy atom. The molecule has 0 unspecified atom stereocenters. The molecule has 0 saturated carbocycles. The van der Waals surface area contributed by atoms with E-state index in [9.17, 15) is 5.11 Å². The smallest absolute Gasteiger partial charge is 0.231 e. The predicted molar refractivity (Wildman–Crippen MR) is 135 cm³/mol. The maximum atomic E-state index is 10.2. The van der Waals surface area contributed by atoms with Crippen LogP contribution in [-0.2, 0) is 4.43 Å². The molecule has 1 heterocycles. The first-order chi connectivity index (χ1) is 16.0. The second kappa shape index (κ2) is 10.1. The average Bonchev–Trinajstić information content (AvgIpc) is 3.27. The van der Waals surface area contributed by atoms with Crippen LogP contribution in [0.1, 0.15) is 39.4 Å². The summed E-state index contributed by atoms with van der Waals surface area (Å²) in [4.78, 5) is 0. The summed E-state index contributed by atoms with van der Waals surface area (Å²) < 4.78 is 35.4. The van der Waals surface area contributed by atoms with Crippen LogP contribution in [0, 0.1) is 5.92 Å². The fraction of sp³-hybridized carbons (Fsp3) is 0.538. The number of methoxy groups -OCH3 is 3. The topological polar surface area (TPSA) is 75.6 Å². The van der Waals surface area contributed by atoms with Crippen molar-refractivity contribution >= 4 is 8.32 Å². The first-order valence-corrected chi connectivity index (χ1v) is 14.4. The van der Waals surface area contributed by atoms with Crippen molar-refractivity contribution in [2.45, 2.75) is 51.9 Å². The third kappa shape index (κ3) is 4.85. The molecule has 0 fully saturated rings. The number of benzene rings is 2. The van der Waals surface area contributed by atoms with Crippen molar-refractivity contribution in [2.75, 3.05) is 34.7 Å². The van der Waals surface area contributed by atoms with E-state index in [0.29, 0.717) is 28.7 Å². The van der Waals surface area contributed by atoms with Crippen LogP contribution in [0.2, 0.25) is 18.1 Å². The van der Waals surface area contributed by atoms with E-state index in [1.165, 1.54) is 0 Å². The minimum atomic E-state index is -2.22. The predicted octanol–water partition coefficient (Wildman–Crippen LogP) is 5.80. The lowest BCUT2D eigenvalue weighted by atomic mass is 9.89. The summed E-state index contributed by atoms with van der Waals surface area (Å²) in [6.45, 7) is 13.2. The van der Waals surface area contributed by atoms with Crippen LogP contribution < -0.4 is 23.7 Å². The average molecular weight is 491 g/mol. The molecule has 2 aromatic carbocycles. The van der Waals surface area contributed by atoms with Crippen LogP contribution in [0.5, 0.6) is 28.7 Å². The van der Waals surface area contributed by atoms with Gasteiger partial charge in [0.25, 0.3) is 0 Å². The third-order valence-electron chi connectivity index (χ3n) is 6.86. The Labute approximate surface area is 204 Å². The van der Waals surface area contributed by atoms with Crippen molar-refractivity contribution < 1.29 is 33.2 Å². The van der Waals surface area contributed by atoms with E-state index in [-0.39, 0.29) is 24.4 Å². The summed E-state index contributed by atoms with van der Waals surface area (Å²) in [5.74, 6) is 2.74. The molecule has 1 aliphatic rings. The summed E-state index contributed by atoms with van der Waals surface area (Å²) in [6, 6.07) is 7.72. The van der Waals surface area contributed by atoms with Gasteiger partial charge in [-0.05, 0) is 47.5 Å². The van der Waals surface area contributed by atoms with E-state index in [4.69, 9.17) is 28.1 Å². The van der Waals surface area contributed by atoms with E-state index in [0.717, 1.165) is 16.7 Å². The number of fused-ring (bicyclic) bond motifs is 1. The Balaban J connectivity index is 2.32. The van der Waals surface area contributed by atoms with Gasteiger partial charge in [0, 0.05) is 18.1 Å². The molecule has 188 valence electrons. The zero-order valence-corrected chi connectivity index (χ0v) is 22.8. The molecule has 0 saturated heterocycles. The summed E-state index contributed by atoms with van der Waals surface area (Å²) in [5, 5.41) is 10.2. The van der Waals surface area contributed by atoms with Crippen LogP contribution in [-0.4, -0.2) is 48.2 Å². The molecule has 2 atom stereocenters. The molecule has 8 heteroatoms. The van der Waals surface area contributed by atoms with Crippen molar-refractivity contribution in [2.24, 2.45) is 5.92 Å². The summed E-state index contributed by atoms with van der Waals surface area (Å²) in [6.07, 6.45) is -0.403. The molecule has 2 aromatic rings. The fourth-order valence-corrected chi connectivity index (χ4v) is 5.17. The van der Waals surface area contributed by atoms with Gasteiger partial charge in [0.15, 0.2) is 31.3 Å². The largest absolute Gasteiger partial charge is 0.493 e. The molecule has 0 spiro atoms. The first-order valence-electron chi connectivity index (χ1n) is 11.5. The Morgan fingerprint density at radius 3 is 2.18 bits per heavy atom. The van der Waals surface area contributed by atoms with Gasteiger partial charge in [0.2, 0.25) is 12.5 Å². The Bertz CT molecular complexity index is 1010. The minimum absolute atomic E-state index is 0.0139. The van der Waals surface area contributed by atoms with Crippen LogP contribution in [0.3, 0.4) is 0 Å². The Kier molecular flexibility index (Phi) is 7.74. The zero-order valence-electron chi connectivity index (χ0n) is 21.8. The summed E-state index contributed by atoms with van der Waals surface area (Å²) in [7, 11) is 2.58. The van der Waals surface area contributed by atoms with Gasteiger partial charge in [-0.15, -0.1) is 0 Å². The van der Waals surface area contributed by atoms with E-state index >= 15 is 0 Å². The number of hydrogen-bond acceptors (Lipinski definition) is 7. The van der Waals surface area contributed by atoms with E-state index in [1.54, 1.807) is 21.3 Å². The molecular formula is C26H38O7Si. The second-order valence-electron chi connectivity index (χ2n) is 10.1. The number of aliphatic hydroxyl groups excluding tert-OH is 1. The zero-order chi connectivity index (χ0) is 25.3. The number of ether oxygens (including phenoxy) is 5. The monoisotopic (exact) mass is 490 g/mol. The Morgan fingerprint density at radius 2 is 1.62 bits per heavy atom. The van der Waals surface area contributed by atoms with E-state index in [1.807, 2.05) is 31.2 Å². The van der Waals surface area contributed by atoms with Crippen molar-refractivity contribution in [3.8, 4) is 39.9 Å². The molecule has 1 N–H and O–H groups in total. The number of rotatable bonds is 9.